The summed E-state index contributed by atoms with van der Waals surface area (Å²) >= 11 is 0. The highest BCUT2D eigenvalue weighted by Gasteiger charge is 2.30. The van der Waals surface area contributed by atoms with Gasteiger partial charge in [0, 0.05) is 11.5 Å². The monoisotopic (exact) mass is 322 g/mol. The number of aryl methyl sites for hydroxylation is 1. The SMILES string of the molecule is COc1cccc(CCC(C(=O)c2ccccc2)C2CCCC2)c1. The number of rotatable bonds is 7. The first-order chi connectivity index (χ1) is 11.8. The van der Waals surface area contributed by atoms with Crippen LogP contribution in [0.5, 0.6) is 5.75 Å². The molecule has 1 aliphatic carbocycles. The van der Waals surface area contributed by atoms with E-state index in [9.17, 15) is 4.79 Å². The van der Waals surface area contributed by atoms with Crippen molar-refractivity contribution >= 4 is 5.78 Å². The van der Waals surface area contributed by atoms with Gasteiger partial charge in [0.2, 0.25) is 0 Å². The van der Waals surface area contributed by atoms with Crippen LogP contribution in [0.15, 0.2) is 54.6 Å². The molecule has 0 bridgehead atoms. The molecule has 1 unspecified atom stereocenters. The molecule has 1 atom stereocenters. The molecule has 2 nitrogen and oxygen atoms in total. The molecule has 0 heterocycles. The summed E-state index contributed by atoms with van der Waals surface area (Å²) in [5.41, 5.74) is 2.11. The van der Waals surface area contributed by atoms with Gasteiger partial charge in [-0.05, 0) is 49.3 Å². The highest BCUT2D eigenvalue weighted by Crippen LogP contribution is 2.36. The van der Waals surface area contributed by atoms with E-state index in [2.05, 4.69) is 12.1 Å². The van der Waals surface area contributed by atoms with Gasteiger partial charge in [0.15, 0.2) is 5.78 Å². The number of hydrogen-bond acceptors (Lipinski definition) is 2. The summed E-state index contributed by atoms with van der Waals surface area (Å²) in [5, 5.41) is 0. The Hall–Kier alpha value is -2.09. The largest absolute Gasteiger partial charge is 0.497 e. The minimum absolute atomic E-state index is 0.140. The Morgan fingerprint density at radius 1 is 1.08 bits per heavy atom. The van der Waals surface area contributed by atoms with Gasteiger partial charge in [-0.2, -0.15) is 0 Å². The van der Waals surface area contributed by atoms with E-state index in [-0.39, 0.29) is 5.92 Å². The van der Waals surface area contributed by atoms with Crippen molar-refractivity contribution in [1.29, 1.82) is 0 Å². The number of ketones is 1. The second kappa shape index (κ2) is 8.14. The molecule has 1 fully saturated rings. The topological polar surface area (TPSA) is 26.3 Å². The third kappa shape index (κ3) is 4.05. The van der Waals surface area contributed by atoms with Crippen LogP contribution in [0.4, 0.5) is 0 Å². The molecule has 24 heavy (non-hydrogen) atoms. The molecular weight excluding hydrogens is 296 g/mol. The Morgan fingerprint density at radius 2 is 1.83 bits per heavy atom. The Balaban J connectivity index is 1.73. The van der Waals surface area contributed by atoms with Crippen LogP contribution in [-0.4, -0.2) is 12.9 Å². The minimum atomic E-state index is 0.140. The van der Waals surface area contributed by atoms with Crippen LogP contribution < -0.4 is 4.74 Å². The molecule has 2 aromatic rings. The first-order valence-corrected chi connectivity index (χ1v) is 9.00. The first kappa shape index (κ1) is 16.8. The van der Waals surface area contributed by atoms with Gasteiger partial charge in [-0.25, -0.2) is 0 Å². The van der Waals surface area contributed by atoms with Crippen molar-refractivity contribution in [3.8, 4) is 5.75 Å². The van der Waals surface area contributed by atoms with Crippen molar-refractivity contribution in [2.45, 2.75) is 38.5 Å². The predicted octanol–water partition coefficient (Wildman–Crippen LogP) is 5.32. The summed E-state index contributed by atoms with van der Waals surface area (Å²) < 4.78 is 5.31. The lowest BCUT2D eigenvalue weighted by Crippen LogP contribution is -2.23. The number of benzene rings is 2. The summed E-state index contributed by atoms with van der Waals surface area (Å²) in [6.07, 6.45) is 6.77. The molecule has 0 aromatic heterocycles. The molecular formula is C22H26O2. The van der Waals surface area contributed by atoms with Crippen LogP contribution in [0.2, 0.25) is 0 Å². The van der Waals surface area contributed by atoms with Crippen molar-refractivity contribution < 1.29 is 9.53 Å². The van der Waals surface area contributed by atoms with E-state index in [4.69, 9.17) is 4.74 Å². The molecule has 0 amide bonds. The van der Waals surface area contributed by atoms with E-state index in [1.165, 1.54) is 31.2 Å². The van der Waals surface area contributed by atoms with Crippen molar-refractivity contribution in [2.75, 3.05) is 7.11 Å². The van der Waals surface area contributed by atoms with Crippen LogP contribution in [0.25, 0.3) is 0 Å². The van der Waals surface area contributed by atoms with E-state index in [0.29, 0.717) is 11.7 Å². The maximum absolute atomic E-state index is 13.1. The predicted molar refractivity (Wildman–Crippen MR) is 97.5 cm³/mol. The molecule has 1 saturated carbocycles. The summed E-state index contributed by atoms with van der Waals surface area (Å²) in [7, 11) is 1.69. The van der Waals surface area contributed by atoms with E-state index >= 15 is 0 Å². The van der Waals surface area contributed by atoms with Crippen LogP contribution in [-0.2, 0) is 6.42 Å². The second-order valence-electron chi connectivity index (χ2n) is 6.77. The van der Waals surface area contributed by atoms with Gasteiger partial charge in [-0.15, -0.1) is 0 Å². The number of carbonyl (C=O) groups excluding carboxylic acids is 1. The standard InChI is InChI=1S/C22H26O2/c1-24-20-13-7-8-17(16-20)14-15-21(18-9-5-6-10-18)22(23)19-11-3-2-4-12-19/h2-4,7-8,11-13,16,18,21H,5-6,9-10,14-15H2,1H3. The Labute approximate surface area is 144 Å². The highest BCUT2D eigenvalue weighted by molar-refractivity contribution is 5.98. The summed E-state index contributed by atoms with van der Waals surface area (Å²) in [6, 6.07) is 18.0. The van der Waals surface area contributed by atoms with Gasteiger partial charge in [0.05, 0.1) is 7.11 Å². The van der Waals surface area contributed by atoms with Gasteiger partial charge in [-0.1, -0.05) is 55.3 Å². The average molecular weight is 322 g/mol. The van der Waals surface area contributed by atoms with Crippen molar-refractivity contribution in [3.63, 3.8) is 0 Å². The maximum Gasteiger partial charge on any atom is 0.166 e. The van der Waals surface area contributed by atoms with Gasteiger partial charge in [-0.3, -0.25) is 4.79 Å². The van der Waals surface area contributed by atoms with Crippen molar-refractivity contribution in [3.05, 3.63) is 65.7 Å². The van der Waals surface area contributed by atoms with Gasteiger partial charge >= 0.3 is 0 Å². The quantitative estimate of drug-likeness (QED) is 0.645. The zero-order valence-corrected chi connectivity index (χ0v) is 14.4. The number of methoxy groups -OCH3 is 1. The fraction of sp³-hybridized carbons (Fsp3) is 0.409. The zero-order valence-electron chi connectivity index (χ0n) is 14.4. The lowest BCUT2D eigenvalue weighted by atomic mass is 9.81. The maximum atomic E-state index is 13.1. The summed E-state index contributed by atoms with van der Waals surface area (Å²) in [4.78, 5) is 13.1. The molecule has 3 rings (SSSR count). The van der Waals surface area contributed by atoms with Crippen molar-refractivity contribution in [2.24, 2.45) is 11.8 Å². The lowest BCUT2D eigenvalue weighted by molar-refractivity contribution is 0.0864. The number of Topliss-reactive ketones (excluding diaryl/α,β-unsaturated/α-hetero) is 1. The molecule has 0 radical (unpaired) electrons. The third-order valence-corrected chi connectivity index (χ3v) is 5.24. The molecule has 0 saturated heterocycles. The molecule has 126 valence electrons. The lowest BCUT2D eigenvalue weighted by Gasteiger charge is -2.22. The van der Waals surface area contributed by atoms with E-state index in [1.807, 2.05) is 42.5 Å². The minimum Gasteiger partial charge on any atom is -0.497 e. The van der Waals surface area contributed by atoms with Crippen LogP contribution in [0.3, 0.4) is 0 Å². The molecule has 0 spiro atoms. The molecule has 0 N–H and O–H groups in total. The fourth-order valence-electron chi connectivity index (χ4n) is 3.91. The number of hydrogen-bond donors (Lipinski definition) is 0. The first-order valence-electron chi connectivity index (χ1n) is 9.00. The molecule has 2 heteroatoms. The Bertz CT molecular complexity index is 657. The van der Waals surface area contributed by atoms with Gasteiger partial charge in [0.25, 0.3) is 0 Å². The van der Waals surface area contributed by atoms with E-state index in [0.717, 1.165) is 24.2 Å². The van der Waals surface area contributed by atoms with Gasteiger partial charge in [0.1, 0.15) is 5.75 Å². The number of ether oxygens (including phenoxy) is 1. The molecule has 1 aliphatic rings. The number of carbonyl (C=O) groups is 1. The summed E-state index contributed by atoms with van der Waals surface area (Å²) in [5.74, 6) is 1.90. The molecule has 0 aliphatic heterocycles. The Morgan fingerprint density at radius 3 is 2.54 bits per heavy atom. The summed E-state index contributed by atoms with van der Waals surface area (Å²) in [6.45, 7) is 0. The zero-order chi connectivity index (χ0) is 16.8. The van der Waals surface area contributed by atoms with E-state index < -0.39 is 0 Å². The van der Waals surface area contributed by atoms with Crippen molar-refractivity contribution in [1.82, 2.24) is 0 Å². The van der Waals surface area contributed by atoms with Crippen LogP contribution >= 0.6 is 0 Å². The fourth-order valence-corrected chi connectivity index (χ4v) is 3.91. The van der Waals surface area contributed by atoms with Crippen LogP contribution in [0.1, 0.15) is 48.0 Å². The normalized spacial score (nSPS) is 16.0. The van der Waals surface area contributed by atoms with E-state index in [1.54, 1.807) is 7.11 Å². The molecule has 2 aromatic carbocycles. The Kier molecular flexibility index (Phi) is 5.68. The third-order valence-electron chi connectivity index (χ3n) is 5.24. The smallest absolute Gasteiger partial charge is 0.166 e. The second-order valence-corrected chi connectivity index (χ2v) is 6.77. The average Bonchev–Trinajstić information content (AvgIpc) is 3.17. The highest BCUT2D eigenvalue weighted by atomic mass is 16.5. The van der Waals surface area contributed by atoms with Crippen LogP contribution in [0, 0.1) is 11.8 Å². The van der Waals surface area contributed by atoms with Gasteiger partial charge < -0.3 is 4.74 Å².